The predicted molar refractivity (Wildman–Crippen MR) is 235 cm³/mol. The first kappa shape index (κ1) is 48.2. The molecule has 12 nitrogen and oxygen atoms in total. The Balaban J connectivity index is 0.000000288. The van der Waals surface area contributed by atoms with Crippen LogP contribution in [0.5, 0.6) is 0 Å². The molecule has 4 heterocycles. The van der Waals surface area contributed by atoms with Crippen LogP contribution in [-0.2, 0) is 23.9 Å². The Labute approximate surface area is 346 Å². The molecule has 7 rings (SSSR count). The Kier molecular flexibility index (Phi) is 24.1. The summed E-state index contributed by atoms with van der Waals surface area (Å²) >= 11 is 3.35. The number of aromatic nitrogens is 2. The number of carbonyl (C=O) groups is 4. The highest BCUT2D eigenvalue weighted by molar-refractivity contribution is 7.17. The Hall–Kier alpha value is -4.92. The molecule has 2 aliphatic heterocycles. The summed E-state index contributed by atoms with van der Waals surface area (Å²) in [6, 6.07) is 21.6. The van der Waals surface area contributed by atoms with Gasteiger partial charge in [-0.25, -0.2) is 14.8 Å². The van der Waals surface area contributed by atoms with E-state index in [2.05, 4.69) is 118 Å². The topological polar surface area (TPSA) is 143 Å². The van der Waals surface area contributed by atoms with Crippen LogP contribution in [0.15, 0.2) is 71.7 Å². The maximum absolute atomic E-state index is 11.3. The van der Waals surface area contributed by atoms with Gasteiger partial charge in [0.15, 0.2) is 0 Å². The first-order chi connectivity index (χ1) is 27.7. The molecule has 2 saturated heterocycles. The summed E-state index contributed by atoms with van der Waals surface area (Å²) in [7, 11) is 4.39. The molecule has 0 aliphatic carbocycles. The molecule has 2 N–H and O–H groups in total. The highest BCUT2D eigenvalue weighted by Gasteiger charge is 2.18. The molecule has 2 fully saturated rings. The number of ether oxygens (including phenoxy) is 2. The van der Waals surface area contributed by atoms with Crippen LogP contribution in [0.25, 0.3) is 42.7 Å². The van der Waals surface area contributed by atoms with Gasteiger partial charge in [0.1, 0.15) is 6.54 Å². The quantitative estimate of drug-likeness (QED) is 0.154. The number of hydrogen-bond acceptors (Lipinski definition) is 11. The molecule has 57 heavy (non-hydrogen) atoms. The fourth-order valence-electron chi connectivity index (χ4n) is 5.46. The summed E-state index contributed by atoms with van der Waals surface area (Å²) < 4.78 is 10.7. The Morgan fingerprint density at radius 1 is 0.667 bits per heavy atom. The minimum absolute atomic E-state index is 0.0344. The summed E-state index contributed by atoms with van der Waals surface area (Å²) in [5.41, 5.74) is 10.8. The molecule has 3 aromatic carbocycles. The van der Waals surface area contributed by atoms with E-state index in [0.717, 1.165) is 50.1 Å². The van der Waals surface area contributed by atoms with Gasteiger partial charge in [-0.3, -0.25) is 14.4 Å². The Morgan fingerprint density at radius 3 is 1.39 bits per heavy atom. The molecule has 2 aromatic heterocycles. The fourth-order valence-corrected chi connectivity index (χ4v) is 6.78. The van der Waals surface area contributed by atoms with Gasteiger partial charge < -0.3 is 29.9 Å². The first-order valence-electron chi connectivity index (χ1n) is 19.4. The molecule has 0 bridgehead atoms. The molecule has 3 amide bonds. The van der Waals surface area contributed by atoms with Crippen molar-refractivity contribution < 1.29 is 28.7 Å². The average molecular weight is 821 g/mol. The number of nitrogens with zero attached hydrogens (tertiary/aromatic N) is 4. The van der Waals surface area contributed by atoms with Crippen LogP contribution in [0.1, 0.15) is 66.2 Å². The summed E-state index contributed by atoms with van der Waals surface area (Å²) in [6.07, 6.45) is 6.41. The van der Waals surface area contributed by atoms with Crippen LogP contribution in [0, 0.1) is 0 Å². The van der Waals surface area contributed by atoms with Gasteiger partial charge >= 0.3 is 6.09 Å². The summed E-state index contributed by atoms with van der Waals surface area (Å²) in [6.45, 7) is 12.9. The van der Waals surface area contributed by atoms with Gasteiger partial charge in [0.25, 0.3) is 6.47 Å². The molecule has 0 radical (unpaired) electrons. The number of fused-ring (bicyclic) bond motifs is 2. The van der Waals surface area contributed by atoms with Crippen LogP contribution in [-0.4, -0.2) is 105 Å². The normalized spacial score (nSPS) is 12.5. The van der Waals surface area contributed by atoms with E-state index < -0.39 is 6.09 Å². The van der Waals surface area contributed by atoms with Crippen molar-refractivity contribution in [2.75, 3.05) is 60.5 Å². The van der Waals surface area contributed by atoms with E-state index in [-0.39, 0.29) is 18.4 Å². The van der Waals surface area contributed by atoms with Gasteiger partial charge in [0, 0.05) is 26.2 Å². The largest absolute Gasteiger partial charge is 0.471 e. The zero-order chi connectivity index (χ0) is 41.8. The van der Waals surface area contributed by atoms with Gasteiger partial charge in [-0.05, 0) is 79.3 Å². The molecule has 5 aromatic rings. The molecule has 0 spiro atoms. The zero-order valence-electron chi connectivity index (χ0n) is 34.5. The van der Waals surface area contributed by atoms with Crippen molar-refractivity contribution in [1.82, 2.24) is 30.4 Å². The minimum Gasteiger partial charge on any atom is -0.471 e. The Morgan fingerprint density at radius 2 is 1.04 bits per heavy atom. The van der Waals surface area contributed by atoms with Gasteiger partial charge in [0.05, 0.1) is 52.2 Å². The van der Waals surface area contributed by atoms with Crippen LogP contribution in [0.3, 0.4) is 0 Å². The van der Waals surface area contributed by atoms with E-state index in [1.165, 1.54) is 71.6 Å². The zero-order valence-corrected chi connectivity index (χ0v) is 36.2. The van der Waals surface area contributed by atoms with Gasteiger partial charge in [-0.1, -0.05) is 76.9 Å². The van der Waals surface area contributed by atoms with Gasteiger partial charge in [0.2, 0.25) is 11.8 Å². The number of hydrogen-bond donors (Lipinski definition) is 2. The molecule has 310 valence electrons. The van der Waals surface area contributed by atoms with E-state index in [4.69, 9.17) is 4.79 Å². The van der Waals surface area contributed by atoms with E-state index in [9.17, 15) is 14.4 Å². The highest BCUT2D eigenvalue weighted by atomic mass is 32.1. The number of likely N-dealkylation sites (tertiary alicyclic amines) is 2. The summed E-state index contributed by atoms with van der Waals surface area (Å²) in [5, 5.41) is 5.21. The number of thiazole rings is 2. The van der Waals surface area contributed by atoms with E-state index in [0.29, 0.717) is 13.0 Å². The number of nitrogens with one attached hydrogen (secondary N) is 2. The van der Waals surface area contributed by atoms with Crippen molar-refractivity contribution in [3.05, 3.63) is 71.7 Å². The average Bonchev–Trinajstić information content (AvgIpc) is 4.09. The second kappa shape index (κ2) is 28.5. The second-order valence-corrected chi connectivity index (χ2v) is 14.7. The molecule has 0 unspecified atom stereocenters. The van der Waals surface area contributed by atoms with Crippen molar-refractivity contribution in [3.8, 4) is 22.3 Å². The number of alkyl carbamates (subject to hydrolysis) is 1. The van der Waals surface area contributed by atoms with E-state index >= 15 is 0 Å². The lowest BCUT2D eigenvalue weighted by atomic mass is 10.00. The maximum Gasteiger partial charge on any atom is 0.407 e. The van der Waals surface area contributed by atoms with Crippen molar-refractivity contribution >= 4 is 67.5 Å². The molecule has 14 heteroatoms. The molecule has 0 saturated carbocycles. The number of rotatable bonds is 7. The number of benzene rings is 3. The standard InChI is InChI=1S/C20H12N2S2.C8H14N2O3.C7H14N2O.2C3H8.C2H4O2/c1-2-14(16-6-8-20-18(10-16)22-12-24-20)4-3-13(1)15-5-7-19-17(9-15)21-11-23-19;1-13-8(12)9-6-7(11)10-4-2-3-5-10;1-8-6-7(10)9-4-2-3-5-9;2*1-3-2;1-4-2-3/h1-12H;2-6H2,1H3,(H,9,12);8H,2-6H2,1H3;2*3H2,1-2H3;2H,1H3. The third kappa shape index (κ3) is 17.4. The van der Waals surface area contributed by atoms with Crippen molar-refractivity contribution in [2.45, 2.75) is 66.2 Å². The minimum atomic E-state index is -0.562. The second-order valence-electron chi connectivity index (χ2n) is 12.9. The first-order valence-corrected chi connectivity index (χ1v) is 21.2. The van der Waals surface area contributed by atoms with E-state index in [1.54, 1.807) is 34.6 Å². The molecular formula is C43H60N6O6S2. The molecule has 2 aliphatic rings. The smallest absolute Gasteiger partial charge is 0.407 e. The van der Waals surface area contributed by atoms with E-state index in [1.807, 2.05) is 15.9 Å². The van der Waals surface area contributed by atoms with Crippen molar-refractivity contribution in [2.24, 2.45) is 0 Å². The van der Waals surface area contributed by atoms with Crippen LogP contribution >= 0.6 is 22.7 Å². The third-order valence-electron chi connectivity index (χ3n) is 8.12. The Bertz CT molecular complexity index is 1790. The van der Waals surface area contributed by atoms with Crippen LogP contribution < -0.4 is 10.6 Å². The highest BCUT2D eigenvalue weighted by Crippen LogP contribution is 2.30. The lowest BCUT2D eigenvalue weighted by Crippen LogP contribution is -2.38. The van der Waals surface area contributed by atoms with Crippen LogP contribution in [0.4, 0.5) is 4.79 Å². The summed E-state index contributed by atoms with van der Waals surface area (Å²) in [4.78, 5) is 54.5. The third-order valence-corrected chi connectivity index (χ3v) is 9.74. The lowest BCUT2D eigenvalue weighted by molar-refractivity contribution is -0.129. The molecular weight excluding hydrogens is 761 g/mol. The predicted octanol–water partition coefficient (Wildman–Crippen LogP) is 8.65. The summed E-state index contributed by atoms with van der Waals surface area (Å²) in [5.74, 6) is 0.197. The SMILES string of the molecule is CCC.CCC.CNCC(=O)N1CCCC1.COC(=O)NCC(=O)N1CCCC1.COC=O.c1nc2cc(-c3ccc(-c4ccc5scnc5c4)cc3)ccc2s1. The van der Waals surface area contributed by atoms with Crippen molar-refractivity contribution in [1.29, 1.82) is 0 Å². The number of likely N-dealkylation sites (N-methyl/N-ethyl adjacent to an activating group) is 1. The van der Waals surface area contributed by atoms with Crippen molar-refractivity contribution in [3.63, 3.8) is 0 Å². The van der Waals surface area contributed by atoms with Crippen LogP contribution in [0.2, 0.25) is 0 Å². The monoisotopic (exact) mass is 820 g/mol. The van der Waals surface area contributed by atoms with Gasteiger partial charge in [-0.2, -0.15) is 0 Å². The maximum atomic E-state index is 11.3. The lowest BCUT2D eigenvalue weighted by Gasteiger charge is -2.14. The number of amides is 3. The fraction of sp³-hybridized carbons (Fsp3) is 0.442. The van der Waals surface area contributed by atoms with Gasteiger partial charge in [-0.15, -0.1) is 22.7 Å². The molecule has 0 atom stereocenters. The number of methoxy groups -OCH3 is 2. The number of carbonyl (C=O) groups excluding carboxylic acids is 4.